The number of thiazole rings is 1. The number of methoxy groups -OCH3 is 1. The van der Waals surface area contributed by atoms with Crippen molar-refractivity contribution in [2.45, 2.75) is 24.8 Å². The average molecular weight is 260 g/mol. The number of hydrogen-bond donors (Lipinski definition) is 1. The van der Waals surface area contributed by atoms with Gasteiger partial charge in [-0.05, 0) is 37.1 Å². The van der Waals surface area contributed by atoms with Crippen LogP contribution in [0, 0.1) is 0 Å². The molecule has 0 unspecified atom stereocenters. The maximum atomic E-state index is 5.82. The van der Waals surface area contributed by atoms with Gasteiger partial charge in [-0.3, -0.25) is 0 Å². The van der Waals surface area contributed by atoms with Crippen molar-refractivity contribution in [3.63, 3.8) is 0 Å². The highest BCUT2D eigenvalue weighted by atomic mass is 32.1. The van der Waals surface area contributed by atoms with E-state index >= 15 is 0 Å². The summed E-state index contributed by atoms with van der Waals surface area (Å²) in [6.07, 6.45) is 2.15. The molecule has 1 aromatic heterocycles. The molecule has 0 saturated heterocycles. The molecular formula is C14H16N2OS. The van der Waals surface area contributed by atoms with Crippen molar-refractivity contribution in [1.82, 2.24) is 4.98 Å². The van der Waals surface area contributed by atoms with Gasteiger partial charge in [-0.2, -0.15) is 0 Å². The minimum Gasteiger partial charge on any atom is -0.497 e. The number of ether oxygens (including phenoxy) is 1. The largest absolute Gasteiger partial charge is 0.497 e. The lowest BCUT2D eigenvalue weighted by atomic mass is 9.79. The van der Waals surface area contributed by atoms with Gasteiger partial charge in [-0.25, -0.2) is 4.98 Å². The van der Waals surface area contributed by atoms with Gasteiger partial charge in [-0.1, -0.05) is 0 Å². The molecule has 1 saturated carbocycles. The first kappa shape index (κ1) is 11.7. The van der Waals surface area contributed by atoms with E-state index in [4.69, 9.17) is 15.5 Å². The lowest BCUT2D eigenvalue weighted by Gasteiger charge is -2.30. The normalized spacial score (nSPS) is 22.6. The molecule has 18 heavy (non-hydrogen) atoms. The second-order valence-electron chi connectivity index (χ2n) is 4.73. The van der Waals surface area contributed by atoms with E-state index < -0.39 is 0 Å². The van der Waals surface area contributed by atoms with E-state index in [2.05, 4.69) is 5.38 Å². The summed E-state index contributed by atoms with van der Waals surface area (Å²) in [5.41, 5.74) is 8.17. The molecule has 2 aromatic rings. The summed E-state index contributed by atoms with van der Waals surface area (Å²) >= 11 is 1.70. The maximum Gasteiger partial charge on any atom is 0.123 e. The fourth-order valence-electron chi connectivity index (χ4n) is 2.24. The third-order valence-corrected chi connectivity index (χ3v) is 4.36. The Hall–Kier alpha value is -1.39. The first-order valence-corrected chi connectivity index (χ1v) is 6.99. The van der Waals surface area contributed by atoms with Crippen molar-refractivity contribution in [2.75, 3.05) is 7.11 Å². The van der Waals surface area contributed by atoms with Crippen LogP contribution in [0.25, 0.3) is 10.6 Å². The van der Waals surface area contributed by atoms with Crippen molar-refractivity contribution >= 4 is 11.3 Å². The number of hydrogen-bond acceptors (Lipinski definition) is 4. The monoisotopic (exact) mass is 260 g/mol. The number of nitrogens with two attached hydrogens (primary N) is 1. The molecule has 1 fully saturated rings. The molecule has 0 amide bonds. The zero-order valence-corrected chi connectivity index (χ0v) is 11.1. The van der Waals surface area contributed by atoms with Crippen molar-refractivity contribution in [3.8, 4) is 16.3 Å². The molecule has 2 N–H and O–H groups in total. The Labute approximate surface area is 111 Å². The SMILES string of the molecule is COc1ccc(-c2nc(C3CC(N)C3)cs2)cc1. The Balaban J connectivity index is 1.79. The van der Waals surface area contributed by atoms with Gasteiger partial charge < -0.3 is 10.5 Å². The molecule has 1 aliphatic carbocycles. The van der Waals surface area contributed by atoms with Crippen molar-refractivity contribution in [3.05, 3.63) is 35.3 Å². The minimum atomic E-state index is 0.376. The summed E-state index contributed by atoms with van der Waals surface area (Å²) < 4.78 is 5.16. The smallest absolute Gasteiger partial charge is 0.123 e. The van der Waals surface area contributed by atoms with Gasteiger partial charge in [0.05, 0.1) is 12.8 Å². The summed E-state index contributed by atoms with van der Waals surface area (Å²) in [4.78, 5) is 4.71. The summed E-state index contributed by atoms with van der Waals surface area (Å²) in [6, 6.07) is 8.41. The predicted octanol–water partition coefficient (Wildman–Crippen LogP) is 3.02. The van der Waals surface area contributed by atoms with Gasteiger partial charge >= 0.3 is 0 Å². The number of benzene rings is 1. The van der Waals surface area contributed by atoms with E-state index in [1.54, 1.807) is 18.4 Å². The van der Waals surface area contributed by atoms with Gasteiger partial charge in [0.15, 0.2) is 0 Å². The van der Waals surface area contributed by atoms with E-state index in [0.717, 1.165) is 29.2 Å². The first-order valence-electron chi connectivity index (χ1n) is 6.11. The van der Waals surface area contributed by atoms with Crippen LogP contribution in [0.5, 0.6) is 5.75 Å². The second-order valence-corrected chi connectivity index (χ2v) is 5.59. The van der Waals surface area contributed by atoms with Gasteiger partial charge in [0.25, 0.3) is 0 Å². The van der Waals surface area contributed by atoms with Crippen LogP contribution in [-0.4, -0.2) is 18.1 Å². The predicted molar refractivity (Wildman–Crippen MR) is 74.1 cm³/mol. The molecule has 0 bridgehead atoms. The van der Waals surface area contributed by atoms with Gasteiger partial charge in [0.1, 0.15) is 10.8 Å². The van der Waals surface area contributed by atoms with Crippen LogP contribution in [0.1, 0.15) is 24.5 Å². The number of nitrogens with zero attached hydrogens (tertiary/aromatic N) is 1. The number of rotatable bonds is 3. The molecule has 4 heteroatoms. The molecule has 3 nitrogen and oxygen atoms in total. The van der Waals surface area contributed by atoms with Crippen LogP contribution in [-0.2, 0) is 0 Å². The molecule has 0 radical (unpaired) electrons. The molecule has 1 heterocycles. The standard InChI is InChI=1S/C14H16N2OS/c1-17-12-4-2-9(3-5-12)14-16-13(8-18-14)10-6-11(15)7-10/h2-5,8,10-11H,6-7,15H2,1H3. The topological polar surface area (TPSA) is 48.1 Å². The molecule has 0 spiro atoms. The van der Waals surface area contributed by atoms with E-state index in [1.807, 2.05) is 24.3 Å². The zero-order chi connectivity index (χ0) is 12.5. The summed E-state index contributed by atoms with van der Waals surface area (Å²) in [7, 11) is 1.68. The average Bonchev–Trinajstić information content (AvgIpc) is 2.84. The fraction of sp³-hybridized carbons (Fsp3) is 0.357. The molecule has 3 rings (SSSR count). The van der Waals surface area contributed by atoms with Crippen LogP contribution < -0.4 is 10.5 Å². The molecule has 0 aliphatic heterocycles. The Morgan fingerprint density at radius 2 is 2.00 bits per heavy atom. The van der Waals surface area contributed by atoms with Crippen LogP contribution in [0.2, 0.25) is 0 Å². The van der Waals surface area contributed by atoms with Crippen LogP contribution >= 0.6 is 11.3 Å². The molecule has 0 atom stereocenters. The van der Waals surface area contributed by atoms with Crippen LogP contribution in [0.15, 0.2) is 29.6 Å². The van der Waals surface area contributed by atoms with Crippen molar-refractivity contribution in [1.29, 1.82) is 0 Å². The maximum absolute atomic E-state index is 5.82. The van der Waals surface area contributed by atoms with E-state index in [9.17, 15) is 0 Å². The van der Waals surface area contributed by atoms with E-state index in [0.29, 0.717) is 12.0 Å². The van der Waals surface area contributed by atoms with Crippen molar-refractivity contribution in [2.24, 2.45) is 5.73 Å². The summed E-state index contributed by atoms with van der Waals surface area (Å²) in [5.74, 6) is 1.45. The fourth-order valence-corrected chi connectivity index (χ4v) is 3.15. The van der Waals surface area contributed by atoms with E-state index in [1.165, 1.54) is 5.69 Å². The lowest BCUT2D eigenvalue weighted by molar-refractivity contribution is 0.346. The van der Waals surface area contributed by atoms with Gasteiger partial charge in [0, 0.05) is 22.9 Å². The molecule has 1 aliphatic rings. The Morgan fingerprint density at radius 1 is 1.28 bits per heavy atom. The Bertz CT molecular complexity index is 529. The first-order chi connectivity index (χ1) is 8.76. The van der Waals surface area contributed by atoms with Gasteiger partial charge in [-0.15, -0.1) is 11.3 Å². The van der Waals surface area contributed by atoms with Crippen molar-refractivity contribution < 1.29 is 4.74 Å². The van der Waals surface area contributed by atoms with E-state index in [-0.39, 0.29) is 0 Å². The highest BCUT2D eigenvalue weighted by Gasteiger charge is 2.29. The Kier molecular flexibility index (Phi) is 3.06. The number of aromatic nitrogens is 1. The third kappa shape index (κ3) is 2.13. The quantitative estimate of drug-likeness (QED) is 0.922. The molecular weight excluding hydrogens is 244 g/mol. The second kappa shape index (κ2) is 4.71. The lowest BCUT2D eigenvalue weighted by Crippen LogP contribution is -2.34. The highest BCUT2D eigenvalue weighted by molar-refractivity contribution is 7.13. The van der Waals surface area contributed by atoms with Gasteiger partial charge in [0.2, 0.25) is 0 Å². The highest BCUT2D eigenvalue weighted by Crippen LogP contribution is 2.37. The molecule has 1 aromatic carbocycles. The van der Waals surface area contributed by atoms with Crippen LogP contribution in [0.4, 0.5) is 0 Å². The Morgan fingerprint density at radius 3 is 2.61 bits per heavy atom. The third-order valence-electron chi connectivity index (χ3n) is 3.45. The summed E-state index contributed by atoms with van der Waals surface area (Å²) in [6.45, 7) is 0. The molecule has 94 valence electrons. The summed E-state index contributed by atoms with van der Waals surface area (Å²) in [5, 5.41) is 3.24. The van der Waals surface area contributed by atoms with Crippen LogP contribution in [0.3, 0.4) is 0 Å². The minimum absolute atomic E-state index is 0.376. The zero-order valence-electron chi connectivity index (χ0n) is 10.3.